The summed E-state index contributed by atoms with van der Waals surface area (Å²) >= 11 is 0. The van der Waals surface area contributed by atoms with Crippen LogP contribution in [0.4, 0.5) is 0 Å². The van der Waals surface area contributed by atoms with Crippen LogP contribution in [0.3, 0.4) is 0 Å². The van der Waals surface area contributed by atoms with E-state index in [1.54, 1.807) is 0 Å². The number of rotatable bonds is 7. The largest absolute Gasteiger partial charge is 0.379 e. The molecule has 162 valence electrons. The van der Waals surface area contributed by atoms with Gasteiger partial charge in [-0.3, -0.25) is 9.69 Å². The lowest BCUT2D eigenvalue weighted by Gasteiger charge is -2.32. The van der Waals surface area contributed by atoms with Crippen molar-refractivity contribution < 1.29 is 17.9 Å². The Bertz CT molecular complexity index is 768. The quantitative estimate of drug-likeness (QED) is 0.695. The Balaban J connectivity index is 1.42. The molecule has 0 saturated carbocycles. The molecule has 1 N–H and O–H groups in total. The molecule has 2 heterocycles. The van der Waals surface area contributed by atoms with E-state index in [9.17, 15) is 13.2 Å². The lowest BCUT2D eigenvalue weighted by molar-refractivity contribution is -0.126. The van der Waals surface area contributed by atoms with Gasteiger partial charge in [0.1, 0.15) is 0 Å². The number of hydrogen-bond donors (Lipinski definition) is 1. The standard InChI is InChI=1S/C20H32N4O4S/c1-22(2)29(26,27)24-9-7-19(8-10-24)20(25)21-15-17-3-5-18(6-4-17)16-23-11-13-28-14-12-23/h3-6,19H,7-16H2,1-2H3,(H,21,25). The molecule has 0 atom stereocenters. The average molecular weight is 425 g/mol. The average Bonchev–Trinajstić information content (AvgIpc) is 2.74. The van der Waals surface area contributed by atoms with Gasteiger partial charge in [-0.1, -0.05) is 24.3 Å². The van der Waals surface area contributed by atoms with E-state index >= 15 is 0 Å². The van der Waals surface area contributed by atoms with Crippen LogP contribution in [0.25, 0.3) is 0 Å². The van der Waals surface area contributed by atoms with Crippen LogP contribution >= 0.6 is 0 Å². The first-order valence-electron chi connectivity index (χ1n) is 10.2. The highest BCUT2D eigenvalue weighted by Gasteiger charge is 2.32. The van der Waals surface area contributed by atoms with Gasteiger partial charge in [-0.05, 0) is 24.0 Å². The molecule has 9 heteroatoms. The van der Waals surface area contributed by atoms with Gasteiger partial charge in [0.25, 0.3) is 10.2 Å². The van der Waals surface area contributed by atoms with E-state index < -0.39 is 10.2 Å². The van der Waals surface area contributed by atoms with Crippen molar-refractivity contribution in [3.05, 3.63) is 35.4 Å². The lowest BCUT2D eigenvalue weighted by atomic mass is 9.97. The minimum atomic E-state index is -3.39. The molecule has 0 unspecified atom stereocenters. The van der Waals surface area contributed by atoms with E-state index in [1.165, 1.54) is 28.3 Å². The molecule has 0 bridgehead atoms. The highest BCUT2D eigenvalue weighted by molar-refractivity contribution is 7.86. The second kappa shape index (κ2) is 9.99. The van der Waals surface area contributed by atoms with E-state index in [0.717, 1.165) is 38.4 Å². The van der Waals surface area contributed by atoms with Crippen LogP contribution in [0.2, 0.25) is 0 Å². The van der Waals surface area contributed by atoms with Crippen molar-refractivity contribution in [2.75, 3.05) is 53.5 Å². The molecule has 0 radical (unpaired) electrons. The molecule has 0 spiro atoms. The predicted octanol–water partition coefficient (Wildman–Crippen LogP) is 0.653. The molecule has 2 fully saturated rings. The zero-order valence-electron chi connectivity index (χ0n) is 17.3. The first-order chi connectivity index (χ1) is 13.9. The molecule has 29 heavy (non-hydrogen) atoms. The van der Waals surface area contributed by atoms with Crippen LogP contribution in [0.5, 0.6) is 0 Å². The molecular weight excluding hydrogens is 392 g/mol. The molecule has 2 saturated heterocycles. The lowest BCUT2D eigenvalue weighted by Crippen LogP contribution is -2.46. The zero-order chi connectivity index (χ0) is 20.9. The topological polar surface area (TPSA) is 82.2 Å². The number of nitrogens with zero attached hydrogens (tertiary/aromatic N) is 3. The van der Waals surface area contributed by atoms with Gasteiger partial charge in [0, 0.05) is 59.3 Å². The number of nitrogens with one attached hydrogen (secondary N) is 1. The van der Waals surface area contributed by atoms with Gasteiger partial charge in [-0.15, -0.1) is 0 Å². The van der Waals surface area contributed by atoms with Gasteiger partial charge in [0.15, 0.2) is 0 Å². The summed E-state index contributed by atoms with van der Waals surface area (Å²) in [5.41, 5.74) is 2.33. The van der Waals surface area contributed by atoms with E-state index in [4.69, 9.17) is 4.74 Å². The molecule has 1 amide bonds. The second-order valence-corrected chi connectivity index (χ2v) is 10.0. The fourth-order valence-corrected chi connectivity index (χ4v) is 4.83. The Hall–Kier alpha value is -1.52. The molecule has 2 aliphatic heterocycles. The maximum atomic E-state index is 12.5. The van der Waals surface area contributed by atoms with Crippen LogP contribution in [-0.4, -0.2) is 81.3 Å². The Kier molecular flexibility index (Phi) is 7.64. The van der Waals surface area contributed by atoms with E-state index in [1.807, 2.05) is 0 Å². The van der Waals surface area contributed by atoms with Crippen molar-refractivity contribution >= 4 is 16.1 Å². The Morgan fingerprint density at radius 1 is 1.07 bits per heavy atom. The van der Waals surface area contributed by atoms with Gasteiger partial charge < -0.3 is 10.1 Å². The summed E-state index contributed by atoms with van der Waals surface area (Å²) in [7, 11) is -0.338. The summed E-state index contributed by atoms with van der Waals surface area (Å²) in [5.74, 6) is -0.131. The molecule has 1 aromatic carbocycles. The normalized spacial score (nSPS) is 20.1. The van der Waals surface area contributed by atoms with E-state index in [0.29, 0.717) is 32.5 Å². The number of hydrogen-bond acceptors (Lipinski definition) is 5. The summed E-state index contributed by atoms with van der Waals surface area (Å²) < 4.78 is 32.4. The van der Waals surface area contributed by atoms with Gasteiger partial charge in [-0.2, -0.15) is 17.0 Å². The van der Waals surface area contributed by atoms with Gasteiger partial charge in [0.05, 0.1) is 13.2 Å². The maximum absolute atomic E-state index is 12.5. The summed E-state index contributed by atoms with van der Waals surface area (Å²) in [6.45, 7) is 5.70. The number of amides is 1. The van der Waals surface area contributed by atoms with Crippen molar-refractivity contribution in [2.24, 2.45) is 5.92 Å². The molecule has 3 rings (SSSR count). The smallest absolute Gasteiger partial charge is 0.281 e. The van der Waals surface area contributed by atoms with Crippen molar-refractivity contribution in [2.45, 2.75) is 25.9 Å². The summed E-state index contributed by atoms with van der Waals surface area (Å²) in [6.07, 6.45) is 1.11. The number of carbonyl (C=O) groups is 1. The summed E-state index contributed by atoms with van der Waals surface area (Å²) in [5, 5.41) is 3.00. The third kappa shape index (κ3) is 5.99. The van der Waals surface area contributed by atoms with E-state index in [-0.39, 0.29) is 11.8 Å². The minimum absolute atomic E-state index is 0.00398. The third-order valence-electron chi connectivity index (χ3n) is 5.61. The molecule has 1 aromatic rings. The monoisotopic (exact) mass is 424 g/mol. The summed E-state index contributed by atoms with van der Waals surface area (Å²) in [6, 6.07) is 8.34. The minimum Gasteiger partial charge on any atom is -0.379 e. The van der Waals surface area contributed by atoms with Gasteiger partial charge in [-0.25, -0.2) is 0 Å². The number of carbonyl (C=O) groups excluding carboxylic acids is 1. The second-order valence-electron chi connectivity index (χ2n) is 7.89. The zero-order valence-corrected chi connectivity index (χ0v) is 18.2. The fraction of sp³-hybridized carbons (Fsp3) is 0.650. The molecule has 2 aliphatic rings. The van der Waals surface area contributed by atoms with Crippen LogP contribution in [0.1, 0.15) is 24.0 Å². The first kappa shape index (κ1) is 22.2. The Morgan fingerprint density at radius 2 is 1.66 bits per heavy atom. The maximum Gasteiger partial charge on any atom is 0.281 e. The van der Waals surface area contributed by atoms with Crippen molar-refractivity contribution in [3.63, 3.8) is 0 Å². The highest BCUT2D eigenvalue weighted by Crippen LogP contribution is 2.21. The summed E-state index contributed by atoms with van der Waals surface area (Å²) in [4.78, 5) is 14.9. The van der Waals surface area contributed by atoms with Crippen LogP contribution in [0.15, 0.2) is 24.3 Å². The molecule has 0 aromatic heterocycles. The van der Waals surface area contributed by atoms with Crippen LogP contribution in [0, 0.1) is 5.92 Å². The van der Waals surface area contributed by atoms with Gasteiger partial charge >= 0.3 is 0 Å². The first-order valence-corrected chi connectivity index (χ1v) is 11.6. The Morgan fingerprint density at radius 3 is 2.24 bits per heavy atom. The number of benzene rings is 1. The highest BCUT2D eigenvalue weighted by atomic mass is 32.2. The van der Waals surface area contributed by atoms with Crippen LogP contribution in [-0.2, 0) is 32.8 Å². The van der Waals surface area contributed by atoms with E-state index in [2.05, 4.69) is 34.5 Å². The Labute approximate surface area is 174 Å². The molecular formula is C20H32N4O4S. The molecule has 8 nitrogen and oxygen atoms in total. The number of morpholine rings is 1. The van der Waals surface area contributed by atoms with Crippen LogP contribution < -0.4 is 5.32 Å². The SMILES string of the molecule is CN(C)S(=O)(=O)N1CCC(C(=O)NCc2ccc(CN3CCOCC3)cc2)CC1. The number of piperidine rings is 1. The van der Waals surface area contributed by atoms with Crippen molar-refractivity contribution in [1.82, 2.24) is 18.8 Å². The molecule has 0 aliphatic carbocycles. The van der Waals surface area contributed by atoms with Crippen molar-refractivity contribution in [1.29, 1.82) is 0 Å². The third-order valence-corrected chi connectivity index (χ3v) is 7.55. The predicted molar refractivity (Wildman–Crippen MR) is 111 cm³/mol. The van der Waals surface area contributed by atoms with Crippen molar-refractivity contribution in [3.8, 4) is 0 Å². The fourth-order valence-electron chi connectivity index (χ4n) is 3.69. The number of ether oxygens (including phenoxy) is 1. The van der Waals surface area contributed by atoms with Gasteiger partial charge in [0.2, 0.25) is 5.91 Å².